The number of piperidine rings is 3. The average Bonchev–Trinajstić information content (AvgIpc) is 2.81. The second-order valence-corrected chi connectivity index (χ2v) is 8.71. The van der Waals surface area contributed by atoms with Crippen LogP contribution in [0.1, 0.15) is 18.4 Å². The van der Waals surface area contributed by atoms with E-state index in [1.165, 1.54) is 24.1 Å². The molecule has 0 unspecified atom stereocenters. The third-order valence-electron chi connectivity index (χ3n) is 7.20. The Kier molecular flexibility index (Phi) is 4.13. The Morgan fingerprint density at radius 1 is 0.931 bits per heavy atom. The lowest BCUT2D eigenvalue weighted by molar-refractivity contribution is -0.139. The molecule has 0 aromatic heterocycles. The lowest BCUT2D eigenvalue weighted by Crippen LogP contribution is -2.56. The molecule has 150 valence electrons. The van der Waals surface area contributed by atoms with Crippen molar-refractivity contribution < 1.29 is 9.53 Å². The van der Waals surface area contributed by atoms with Gasteiger partial charge in [-0.25, -0.2) is 0 Å². The summed E-state index contributed by atoms with van der Waals surface area (Å²) in [5, 5.41) is 0. The highest BCUT2D eigenvalue weighted by molar-refractivity contribution is 5.97. The Hall–Kier alpha value is -2.37. The maximum atomic E-state index is 13.7. The Bertz CT molecular complexity index is 919. The van der Waals surface area contributed by atoms with Crippen LogP contribution in [0, 0.1) is 11.8 Å². The van der Waals surface area contributed by atoms with Gasteiger partial charge in [0.1, 0.15) is 0 Å². The van der Waals surface area contributed by atoms with E-state index in [4.69, 9.17) is 4.74 Å². The molecule has 5 heteroatoms. The van der Waals surface area contributed by atoms with Gasteiger partial charge in [0.15, 0.2) is 0 Å². The summed E-state index contributed by atoms with van der Waals surface area (Å²) in [6.45, 7) is 6.53. The number of hydrogen-bond donors (Lipinski definition) is 0. The van der Waals surface area contributed by atoms with Crippen LogP contribution < -0.4 is 0 Å². The fraction of sp³-hybridized carbons (Fsp3) is 0.458. The van der Waals surface area contributed by atoms with E-state index in [1.54, 1.807) is 0 Å². The molecule has 0 saturated carbocycles. The minimum absolute atomic E-state index is 0.136. The van der Waals surface area contributed by atoms with Crippen molar-refractivity contribution in [3.63, 3.8) is 0 Å². The smallest absolute Gasteiger partial charge is 0.236 e. The second kappa shape index (κ2) is 6.85. The predicted octanol–water partition coefficient (Wildman–Crippen LogP) is 2.70. The molecule has 4 saturated heterocycles. The van der Waals surface area contributed by atoms with Gasteiger partial charge in [0, 0.05) is 25.2 Å². The first-order chi connectivity index (χ1) is 14.3. The number of fused-ring (bicyclic) bond motifs is 5. The van der Waals surface area contributed by atoms with Crippen LogP contribution in [-0.4, -0.2) is 66.5 Å². The number of amides is 1. The molecule has 0 aliphatic carbocycles. The molecule has 7 rings (SSSR count). The molecule has 0 radical (unpaired) electrons. The van der Waals surface area contributed by atoms with Crippen molar-refractivity contribution in [3.8, 4) is 0 Å². The Morgan fingerprint density at radius 2 is 1.69 bits per heavy atom. The topological polar surface area (TPSA) is 36.0 Å². The Balaban J connectivity index is 1.37. The largest absolute Gasteiger partial charge is 0.378 e. The third kappa shape index (κ3) is 2.71. The van der Waals surface area contributed by atoms with E-state index in [9.17, 15) is 4.79 Å². The minimum Gasteiger partial charge on any atom is -0.378 e. The average molecular weight is 389 g/mol. The third-order valence-corrected chi connectivity index (χ3v) is 7.20. The van der Waals surface area contributed by atoms with Crippen molar-refractivity contribution in [3.05, 3.63) is 65.1 Å². The number of nitrogens with zero attached hydrogens (tertiary/aromatic N) is 3. The summed E-state index contributed by atoms with van der Waals surface area (Å²) in [5.41, 5.74) is 5.77. The van der Waals surface area contributed by atoms with Crippen LogP contribution in [0.5, 0.6) is 0 Å². The van der Waals surface area contributed by atoms with E-state index < -0.39 is 0 Å². The highest BCUT2D eigenvalue weighted by Gasteiger charge is 2.48. The standard InChI is InChI=1S/C24H27N3O2/c28-24(20-16-25-10-8-18(20)9-11-25)27-21-7-6-19(17-4-2-1-3-5-17)22(27)23(21)26-12-14-29-15-13-26/h1-7,18,20H,8-16H2/t20-/m0/s1. The maximum absolute atomic E-state index is 13.7. The summed E-state index contributed by atoms with van der Waals surface area (Å²) in [7, 11) is 0. The number of morpholine rings is 1. The first kappa shape index (κ1) is 17.5. The van der Waals surface area contributed by atoms with Gasteiger partial charge in [-0.1, -0.05) is 36.4 Å². The predicted molar refractivity (Wildman–Crippen MR) is 111 cm³/mol. The zero-order valence-corrected chi connectivity index (χ0v) is 16.7. The quantitative estimate of drug-likeness (QED) is 0.797. The number of ether oxygens (including phenoxy) is 1. The van der Waals surface area contributed by atoms with Crippen LogP contribution in [-0.2, 0) is 9.53 Å². The Labute approximate surface area is 171 Å². The molecule has 6 aliphatic heterocycles. The van der Waals surface area contributed by atoms with E-state index >= 15 is 0 Å². The molecule has 0 N–H and O–H groups in total. The van der Waals surface area contributed by atoms with Gasteiger partial charge in [0.05, 0.1) is 36.2 Å². The van der Waals surface area contributed by atoms with Crippen molar-refractivity contribution in [1.82, 2.24) is 14.7 Å². The number of rotatable bonds is 3. The highest BCUT2D eigenvalue weighted by atomic mass is 16.5. The van der Waals surface area contributed by atoms with E-state index in [1.807, 2.05) is 11.0 Å². The maximum Gasteiger partial charge on any atom is 0.236 e. The van der Waals surface area contributed by atoms with Gasteiger partial charge in [-0.15, -0.1) is 0 Å². The molecule has 29 heavy (non-hydrogen) atoms. The summed E-state index contributed by atoms with van der Waals surface area (Å²) in [4.78, 5) is 20.7. The van der Waals surface area contributed by atoms with Gasteiger partial charge in [0.2, 0.25) is 5.91 Å². The van der Waals surface area contributed by atoms with Crippen molar-refractivity contribution in [2.45, 2.75) is 12.8 Å². The zero-order chi connectivity index (χ0) is 19.4. The van der Waals surface area contributed by atoms with E-state index in [-0.39, 0.29) is 5.92 Å². The summed E-state index contributed by atoms with van der Waals surface area (Å²) in [5.74, 6) is 0.988. The van der Waals surface area contributed by atoms with Gasteiger partial charge in [-0.05, 0) is 43.5 Å². The monoisotopic (exact) mass is 389 g/mol. The van der Waals surface area contributed by atoms with Crippen LogP contribution in [0.25, 0.3) is 5.57 Å². The van der Waals surface area contributed by atoms with Crippen LogP contribution in [0.3, 0.4) is 0 Å². The molecule has 6 aliphatic rings. The molecule has 1 aromatic rings. The van der Waals surface area contributed by atoms with Crippen molar-refractivity contribution >= 4 is 11.5 Å². The molecular formula is C24H27N3O2. The van der Waals surface area contributed by atoms with Crippen LogP contribution in [0.4, 0.5) is 0 Å². The normalized spacial score (nSPS) is 30.7. The van der Waals surface area contributed by atoms with Crippen LogP contribution in [0.2, 0.25) is 0 Å². The molecule has 1 amide bonds. The van der Waals surface area contributed by atoms with Crippen molar-refractivity contribution in [1.29, 1.82) is 0 Å². The molecular weight excluding hydrogens is 362 g/mol. The number of allylic oxidation sites excluding steroid dienone is 3. The highest BCUT2D eigenvalue weighted by Crippen LogP contribution is 2.49. The lowest BCUT2D eigenvalue weighted by Gasteiger charge is -2.51. The fourth-order valence-corrected chi connectivity index (χ4v) is 5.63. The number of hydrogen-bond acceptors (Lipinski definition) is 4. The van der Waals surface area contributed by atoms with Crippen molar-refractivity contribution in [2.24, 2.45) is 11.8 Å². The van der Waals surface area contributed by atoms with E-state index in [2.05, 4.69) is 46.2 Å². The van der Waals surface area contributed by atoms with Crippen molar-refractivity contribution in [2.75, 3.05) is 45.9 Å². The molecule has 6 heterocycles. The van der Waals surface area contributed by atoms with Gasteiger partial charge < -0.3 is 14.5 Å². The zero-order valence-electron chi connectivity index (χ0n) is 16.7. The number of carbonyl (C=O) groups is 1. The Morgan fingerprint density at radius 3 is 2.38 bits per heavy atom. The summed E-state index contributed by atoms with van der Waals surface area (Å²) >= 11 is 0. The summed E-state index contributed by atoms with van der Waals surface area (Å²) < 4.78 is 5.57. The van der Waals surface area contributed by atoms with E-state index in [0.29, 0.717) is 11.8 Å². The first-order valence-corrected chi connectivity index (χ1v) is 10.9. The second-order valence-electron chi connectivity index (χ2n) is 8.71. The lowest BCUT2D eigenvalue weighted by atomic mass is 9.77. The summed E-state index contributed by atoms with van der Waals surface area (Å²) in [6, 6.07) is 10.5. The fourth-order valence-electron chi connectivity index (χ4n) is 5.63. The van der Waals surface area contributed by atoms with Crippen LogP contribution >= 0.6 is 0 Å². The number of carbonyl (C=O) groups excluding carboxylic acids is 1. The molecule has 4 fully saturated rings. The molecule has 5 nitrogen and oxygen atoms in total. The van der Waals surface area contributed by atoms with Gasteiger partial charge in [-0.2, -0.15) is 0 Å². The van der Waals surface area contributed by atoms with Gasteiger partial charge in [0.25, 0.3) is 0 Å². The number of benzene rings is 1. The van der Waals surface area contributed by atoms with Crippen LogP contribution in [0.15, 0.2) is 59.6 Å². The SMILES string of the molecule is O=C([C@H]1CN2CCC1CC2)N1c2ccc(-c3ccccc3)c1c2N1CCOCC1. The van der Waals surface area contributed by atoms with E-state index in [0.717, 1.165) is 62.9 Å². The van der Waals surface area contributed by atoms with Gasteiger partial charge in [-0.3, -0.25) is 9.69 Å². The summed E-state index contributed by atoms with van der Waals surface area (Å²) in [6.07, 6.45) is 6.67. The molecule has 1 aromatic carbocycles. The minimum atomic E-state index is 0.136. The molecule has 4 bridgehead atoms. The first-order valence-electron chi connectivity index (χ1n) is 10.9. The van der Waals surface area contributed by atoms with Gasteiger partial charge >= 0.3 is 0 Å². The molecule has 0 spiro atoms. The molecule has 1 atom stereocenters.